The first-order valence-electron chi connectivity index (χ1n) is 9.54. The number of rotatable bonds is 11. The van der Waals surface area contributed by atoms with E-state index in [1.807, 2.05) is 4.90 Å². The van der Waals surface area contributed by atoms with Gasteiger partial charge in [0.1, 0.15) is 28.7 Å². The second kappa shape index (κ2) is 9.95. The van der Waals surface area contributed by atoms with Gasteiger partial charge in [0.2, 0.25) is 5.91 Å². The first-order chi connectivity index (χ1) is 13.7. The van der Waals surface area contributed by atoms with Crippen molar-refractivity contribution in [1.82, 2.24) is 10.2 Å². The van der Waals surface area contributed by atoms with E-state index in [2.05, 4.69) is 5.32 Å². The molecule has 1 aliphatic heterocycles. The van der Waals surface area contributed by atoms with Gasteiger partial charge in [0.05, 0.1) is 7.85 Å². The Bertz CT molecular complexity index is 737. The molecule has 10 heteroatoms. The maximum Gasteiger partial charge on any atom is 0.343 e. The van der Waals surface area contributed by atoms with Gasteiger partial charge >= 0.3 is 5.97 Å². The van der Waals surface area contributed by atoms with Crippen LogP contribution < -0.4 is 15.8 Å². The molecule has 1 amide bonds. The van der Waals surface area contributed by atoms with Gasteiger partial charge in [0.25, 0.3) is 0 Å². The molecule has 1 saturated heterocycles. The molecule has 1 aromatic rings. The first-order valence-corrected chi connectivity index (χ1v) is 9.54. The summed E-state index contributed by atoms with van der Waals surface area (Å²) in [5.41, 5.74) is 5.18. The number of phenols is 1. The summed E-state index contributed by atoms with van der Waals surface area (Å²) in [7, 11) is 5.48. The number of ether oxygens (including phenoxy) is 1. The zero-order chi connectivity index (χ0) is 21.6. The number of carboxylic acids is 1. The average molecular weight is 405 g/mol. The van der Waals surface area contributed by atoms with Gasteiger partial charge in [0, 0.05) is 32.8 Å². The Morgan fingerprint density at radius 2 is 2.10 bits per heavy atom. The lowest BCUT2D eigenvalue weighted by Gasteiger charge is -2.42. The summed E-state index contributed by atoms with van der Waals surface area (Å²) in [4.78, 5) is 25.6. The third kappa shape index (κ3) is 5.85. The van der Waals surface area contributed by atoms with Gasteiger partial charge < -0.3 is 31.1 Å². The third-order valence-corrected chi connectivity index (χ3v) is 4.76. The number of carbonyl (C=O) groups is 2. The van der Waals surface area contributed by atoms with Gasteiger partial charge in [-0.25, -0.2) is 4.79 Å². The number of carboxylic acid groups (broad SMARTS) is 1. The van der Waals surface area contributed by atoms with Gasteiger partial charge in [0.15, 0.2) is 0 Å². The van der Waals surface area contributed by atoms with Crippen molar-refractivity contribution in [2.75, 3.05) is 32.8 Å². The molecule has 158 valence electrons. The molecular formula is C19H28BN3O6. The van der Waals surface area contributed by atoms with E-state index in [9.17, 15) is 19.8 Å². The highest BCUT2D eigenvalue weighted by molar-refractivity contribution is 6.08. The van der Waals surface area contributed by atoms with Crippen LogP contribution in [0.1, 0.15) is 29.3 Å². The SMILES string of the molecule is [B]CCc1ccc(OC2CN(C[C@@](C)(N)C(=O)NCCCO)C2)c(C(=O)O)c1O. The molecule has 1 aromatic carbocycles. The molecule has 0 spiro atoms. The van der Waals surface area contributed by atoms with Gasteiger partial charge in [-0.3, -0.25) is 9.69 Å². The highest BCUT2D eigenvalue weighted by Crippen LogP contribution is 2.33. The zero-order valence-electron chi connectivity index (χ0n) is 16.6. The maximum absolute atomic E-state index is 12.2. The molecule has 29 heavy (non-hydrogen) atoms. The van der Waals surface area contributed by atoms with E-state index < -0.39 is 11.5 Å². The standard InChI is InChI=1S/C19H28BN3O6/c1-19(21,18(28)22-7-2-8-24)11-23-9-13(10-23)29-14-4-3-12(5-6-20)16(25)15(14)17(26)27/h3-4,13,24-25H,2,5-11,21H2,1H3,(H,22,28)(H,26,27)/t19-/m1/s1. The van der Waals surface area contributed by atoms with Crippen LogP contribution in [0, 0.1) is 0 Å². The van der Waals surface area contributed by atoms with Crippen LogP contribution in [0.4, 0.5) is 0 Å². The number of aromatic hydroxyl groups is 1. The largest absolute Gasteiger partial charge is 0.507 e. The minimum atomic E-state index is -1.28. The number of aryl methyl sites for hydroxylation is 1. The second-order valence-corrected chi connectivity index (χ2v) is 7.47. The van der Waals surface area contributed by atoms with E-state index in [1.54, 1.807) is 13.0 Å². The van der Waals surface area contributed by atoms with Crippen LogP contribution in [-0.2, 0) is 11.2 Å². The molecular weight excluding hydrogens is 377 g/mol. The number of amides is 1. The number of aromatic carboxylic acids is 1. The molecule has 1 aliphatic rings. The first kappa shape index (κ1) is 23.0. The summed E-state index contributed by atoms with van der Waals surface area (Å²) in [6, 6.07) is 3.13. The van der Waals surface area contributed by atoms with E-state index >= 15 is 0 Å². The normalized spacial score (nSPS) is 16.7. The van der Waals surface area contributed by atoms with Crippen molar-refractivity contribution in [3.63, 3.8) is 0 Å². The monoisotopic (exact) mass is 405 g/mol. The summed E-state index contributed by atoms with van der Waals surface area (Å²) < 4.78 is 5.76. The number of carbonyl (C=O) groups excluding carboxylic acids is 1. The maximum atomic E-state index is 12.2. The molecule has 2 radical (unpaired) electrons. The van der Waals surface area contributed by atoms with Crippen molar-refractivity contribution in [2.24, 2.45) is 5.73 Å². The van der Waals surface area contributed by atoms with Gasteiger partial charge in [-0.05, 0) is 31.4 Å². The summed E-state index contributed by atoms with van der Waals surface area (Å²) in [6.07, 6.45) is 0.834. The van der Waals surface area contributed by atoms with E-state index in [0.29, 0.717) is 44.6 Å². The predicted molar refractivity (Wildman–Crippen MR) is 107 cm³/mol. The Hall–Kier alpha value is -2.30. The van der Waals surface area contributed by atoms with Crippen LogP contribution in [0.2, 0.25) is 6.32 Å². The van der Waals surface area contributed by atoms with E-state index in [0.717, 1.165) is 0 Å². The number of nitrogens with two attached hydrogens (primary N) is 1. The molecule has 9 nitrogen and oxygen atoms in total. The Morgan fingerprint density at radius 3 is 2.69 bits per heavy atom. The van der Waals surface area contributed by atoms with Crippen molar-refractivity contribution < 1.29 is 29.6 Å². The number of aliphatic hydroxyl groups is 1. The number of benzene rings is 1. The van der Waals surface area contributed by atoms with Crippen molar-refractivity contribution >= 4 is 19.7 Å². The van der Waals surface area contributed by atoms with Crippen LogP contribution in [0.3, 0.4) is 0 Å². The molecule has 0 saturated carbocycles. The second-order valence-electron chi connectivity index (χ2n) is 7.47. The Morgan fingerprint density at radius 1 is 1.41 bits per heavy atom. The number of nitrogens with one attached hydrogen (secondary N) is 1. The van der Waals surface area contributed by atoms with E-state index in [-0.39, 0.29) is 42.0 Å². The minimum absolute atomic E-state index is 0.00615. The molecule has 1 atom stereocenters. The highest BCUT2D eigenvalue weighted by Gasteiger charge is 2.37. The van der Waals surface area contributed by atoms with Crippen LogP contribution >= 0.6 is 0 Å². The fourth-order valence-corrected chi connectivity index (χ4v) is 3.20. The summed E-state index contributed by atoms with van der Waals surface area (Å²) >= 11 is 0. The number of hydrogen-bond donors (Lipinski definition) is 5. The lowest BCUT2D eigenvalue weighted by molar-refractivity contribution is -0.127. The average Bonchev–Trinajstić information content (AvgIpc) is 2.61. The zero-order valence-corrected chi connectivity index (χ0v) is 16.6. The summed E-state index contributed by atoms with van der Waals surface area (Å²) in [6.45, 7) is 3.24. The molecule has 0 aliphatic carbocycles. The van der Waals surface area contributed by atoms with Crippen molar-refractivity contribution in [2.45, 2.75) is 37.7 Å². The van der Waals surface area contributed by atoms with Gasteiger partial charge in [-0.1, -0.05) is 12.4 Å². The molecule has 0 bridgehead atoms. The predicted octanol–water partition coefficient (Wildman–Crippen LogP) is -0.501. The van der Waals surface area contributed by atoms with Crippen LogP contribution in [0.25, 0.3) is 0 Å². The topological polar surface area (TPSA) is 145 Å². The van der Waals surface area contributed by atoms with Crippen LogP contribution in [0.5, 0.6) is 11.5 Å². The van der Waals surface area contributed by atoms with E-state index in [4.69, 9.17) is 23.4 Å². The highest BCUT2D eigenvalue weighted by atomic mass is 16.5. The molecule has 0 aromatic heterocycles. The van der Waals surface area contributed by atoms with Crippen molar-refractivity contribution in [1.29, 1.82) is 0 Å². The fraction of sp³-hybridized carbons (Fsp3) is 0.579. The van der Waals surface area contributed by atoms with Crippen LogP contribution in [0.15, 0.2) is 12.1 Å². The quantitative estimate of drug-likeness (QED) is 0.245. The number of hydrogen-bond acceptors (Lipinski definition) is 7. The smallest absolute Gasteiger partial charge is 0.343 e. The Balaban J connectivity index is 1.93. The number of aliphatic hydroxyl groups excluding tert-OH is 1. The van der Waals surface area contributed by atoms with Crippen molar-refractivity contribution in [3.05, 3.63) is 23.3 Å². The minimum Gasteiger partial charge on any atom is -0.507 e. The Kier molecular flexibility index (Phi) is 7.89. The third-order valence-electron chi connectivity index (χ3n) is 4.76. The Labute approximate surface area is 171 Å². The van der Waals surface area contributed by atoms with E-state index in [1.165, 1.54) is 6.07 Å². The number of nitrogens with zero attached hydrogens (tertiary/aromatic N) is 1. The molecule has 0 unspecified atom stereocenters. The van der Waals surface area contributed by atoms with Crippen molar-refractivity contribution in [3.8, 4) is 11.5 Å². The molecule has 1 heterocycles. The number of likely N-dealkylation sites (tertiary alicyclic amines) is 1. The fourth-order valence-electron chi connectivity index (χ4n) is 3.20. The van der Waals surface area contributed by atoms with Gasteiger partial charge in [-0.2, -0.15) is 0 Å². The summed E-state index contributed by atoms with van der Waals surface area (Å²) in [5.74, 6) is -1.81. The summed E-state index contributed by atoms with van der Waals surface area (Å²) in [5, 5.41) is 31.1. The molecule has 1 fully saturated rings. The van der Waals surface area contributed by atoms with Crippen LogP contribution in [-0.4, -0.2) is 84.4 Å². The molecule has 6 N–H and O–H groups in total. The van der Waals surface area contributed by atoms with Gasteiger partial charge in [-0.15, -0.1) is 0 Å². The molecule has 2 rings (SSSR count). The lowest BCUT2D eigenvalue weighted by Crippen LogP contribution is -2.64. The lowest BCUT2D eigenvalue weighted by atomic mass is 9.95.